The summed E-state index contributed by atoms with van der Waals surface area (Å²) in [5.41, 5.74) is 2.24. The van der Waals surface area contributed by atoms with E-state index in [9.17, 15) is 4.79 Å². The van der Waals surface area contributed by atoms with E-state index in [1.165, 1.54) is 0 Å². The monoisotopic (exact) mass is 340 g/mol. The summed E-state index contributed by atoms with van der Waals surface area (Å²) < 4.78 is 5.28. The van der Waals surface area contributed by atoms with Crippen LogP contribution in [0.1, 0.15) is 15.9 Å². The number of carbonyl (C=O) groups excluding carboxylic acids is 1. The summed E-state index contributed by atoms with van der Waals surface area (Å²) in [7, 11) is 3.73. The first-order valence-electron chi connectivity index (χ1n) is 8.42. The number of aromatic nitrogens is 1. The minimum atomic E-state index is -0.174. The fraction of sp³-hybridized carbons (Fsp3) is 0.368. The zero-order valence-electron chi connectivity index (χ0n) is 15.0. The molecule has 1 saturated heterocycles. The van der Waals surface area contributed by atoms with Crippen molar-refractivity contribution in [3.63, 3.8) is 0 Å². The molecule has 0 unspecified atom stereocenters. The van der Waals surface area contributed by atoms with Crippen LogP contribution in [-0.4, -0.2) is 56.1 Å². The molecule has 1 aliphatic heterocycles. The summed E-state index contributed by atoms with van der Waals surface area (Å²) in [5.74, 6) is 1.48. The highest BCUT2D eigenvalue weighted by Gasteiger charge is 2.15. The van der Waals surface area contributed by atoms with Crippen molar-refractivity contribution in [3.8, 4) is 5.75 Å². The molecule has 6 heteroatoms. The van der Waals surface area contributed by atoms with Gasteiger partial charge >= 0.3 is 0 Å². The van der Waals surface area contributed by atoms with Crippen LogP contribution in [0.25, 0.3) is 0 Å². The van der Waals surface area contributed by atoms with E-state index in [1.807, 2.05) is 25.1 Å². The lowest BCUT2D eigenvalue weighted by atomic mass is 10.1. The largest absolute Gasteiger partial charge is 0.496 e. The number of methoxy groups -OCH3 is 1. The van der Waals surface area contributed by atoms with Crippen LogP contribution < -0.4 is 15.0 Å². The van der Waals surface area contributed by atoms with Crippen molar-refractivity contribution in [3.05, 3.63) is 47.7 Å². The van der Waals surface area contributed by atoms with Gasteiger partial charge in [-0.05, 0) is 43.8 Å². The molecule has 1 aromatic carbocycles. The third-order valence-corrected chi connectivity index (χ3v) is 4.50. The van der Waals surface area contributed by atoms with Crippen molar-refractivity contribution in [1.29, 1.82) is 0 Å². The van der Waals surface area contributed by atoms with Crippen molar-refractivity contribution in [2.45, 2.75) is 6.92 Å². The van der Waals surface area contributed by atoms with Crippen molar-refractivity contribution < 1.29 is 9.53 Å². The minimum absolute atomic E-state index is 0.174. The molecule has 0 aliphatic carbocycles. The molecule has 2 aromatic rings. The van der Waals surface area contributed by atoms with Gasteiger partial charge in [-0.3, -0.25) is 4.79 Å². The van der Waals surface area contributed by atoms with Crippen LogP contribution in [-0.2, 0) is 0 Å². The smallest absolute Gasteiger partial charge is 0.255 e. The number of amides is 1. The lowest BCUT2D eigenvalue weighted by Gasteiger charge is -2.33. The van der Waals surface area contributed by atoms with Crippen LogP contribution in [0.4, 0.5) is 11.5 Å². The molecule has 1 aliphatic rings. The third-order valence-electron chi connectivity index (χ3n) is 4.50. The number of nitrogens with one attached hydrogen (secondary N) is 1. The molecule has 1 fully saturated rings. The predicted octanol–water partition coefficient (Wildman–Crippen LogP) is 2.40. The van der Waals surface area contributed by atoms with E-state index in [1.54, 1.807) is 25.4 Å². The highest BCUT2D eigenvalue weighted by Crippen LogP contribution is 2.20. The maximum Gasteiger partial charge on any atom is 0.255 e. The van der Waals surface area contributed by atoms with Gasteiger partial charge in [-0.2, -0.15) is 0 Å². The average molecular weight is 340 g/mol. The normalized spacial score (nSPS) is 15.1. The number of likely N-dealkylation sites (N-methyl/N-ethyl adjacent to an activating group) is 1. The fourth-order valence-corrected chi connectivity index (χ4v) is 2.85. The van der Waals surface area contributed by atoms with E-state index < -0.39 is 0 Å². The molecule has 1 aromatic heterocycles. The van der Waals surface area contributed by atoms with Gasteiger partial charge in [0.2, 0.25) is 0 Å². The Hall–Kier alpha value is -2.60. The molecule has 1 amide bonds. The van der Waals surface area contributed by atoms with Gasteiger partial charge < -0.3 is 19.9 Å². The minimum Gasteiger partial charge on any atom is -0.496 e. The van der Waals surface area contributed by atoms with Gasteiger partial charge in [-0.15, -0.1) is 0 Å². The highest BCUT2D eigenvalue weighted by molar-refractivity contribution is 6.04. The summed E-state index contributed by atoms with van der Waals surface area (Å²) in [6, 6.07) is 9.26. The molecule has 1 N–H and O–H groups in total. The Morgan fingerprint density at radius 2 is 1.92 bits per heavy atom. The number of piperazine rings is 1. The molecular formula is C19H24N4O2. The number of anilines is 2. The molecule has 0 bridgehead atoms. The molecule has 0 radical (unpaired) electrons. The number of ether oxygens (including phenoxy) is 1. The SMILES string of the molecule is COc1cc(C(=O)Nc2ccc(N3CCN(C)CC3)nc2)ccc1C. The van der Waals surface area contributed by atoms with E-state index in [0.717, 1.165) is 37.6 Å². The van der Waals surface area contributed by atoms with Gasteiger partial charge in [0.25, 0.3) is 5.91 Å². The summed E-state index contributed by atoms with van der Waals surface area (Å²) in [6.07, 6.45) is 1.71. The van der Waals surface area contributed by atoms with Gasteiger partial charge in [0.05, 0.1) is 19.0 Å². The second-order valence-corrected chi connectivity index (χ2v) is 6.33. The Bertz CT molecular complexity index is 738. The van der Waals surface area contributed by atoms with Crippen molar-refractivity contribution >= 4 is 17.4 Å². The van der Waals surface area contributed by atoms with Gasteiger partial charge in [-0.1, -0.05) is 6.07 Å². The number of benzene rings is 1. The number of rotatable bonds is 4. The molecule has 0 atom stereocenters. The Kier molecular flexibility index (Phi) is 5.19. The zero-order valence-corrected chi connectivity index (χ0v) is 15.0. The van der Waals surface area contributed by atoms with Crippen LogP contribution in [0.15, 0.2) is 36.5 Å². The number of hydrogen-bond acceptors (Lipinski definition) is 5. The molecule has 0 saturated carbocycles. The number of aryl methyl sites for hydroxylation is 1. The lowest BCUT2D eigenvalue weighted by molar-refractivity contribution is 0.102. The Morgan fingerprint density at radius 3 is 2.56 bits per heavy atom. The van der Waals surface area contributed by atoms with E-state index in [0.29, 0.717) is 17.0 Å². The van der Waals surface area contributed by atoms with Gasteiger partial charge in [0.1, 0.15) is 11.6 Å². The first kappa shape index (κ1) is 17.2. The fourth-order valence-electron chi connectivity index (χ4n) is 2.85. The average Bonchev–Trinajstić information content (AvgIpc) is 2.63. The van der Waals surface area contributed by atoms with Crippen molar-refractivity contribution in [2.75, 3.05) is 50.6 Å². The summed E-state index contributed by atoms with van der Waals surface area (Å²) in [5, 5.41) is 2.88. The number of carbonyl (C=O) groups is 1. The van der Waals surface area contributed by atoms with Gasteiger partial charge in [0, 0.05) is 31.7 Å². The molecule has 3 rings (SSSR count). The number of nitrogens with zero attached hydrogens (tertiary/aromatic N) is 3. The first-order chi connectivity index (χ1) is 12.1. The van der Waals surface area contributed by atoms with Crippen LogP contribution in [0.2, 0.25) is 0 Å². The first-order valence-corrected chi connectivity index (χ1v) is 8.42. The second-order valence-electron chi connectivity index (χ2n) is 6.33. The quantitative estimate of drug-likeness (QED) is 0.926. The van der Waals surface area contributed by atoms with Crippen molar-refractivity contribution in [2.24, 2.45) is 0 Å². The summed E-state index contributed by atoms with van der Waals surface area (Å²) in [4.78, 5) is 21.5. The Morgan fingerprint density at radius 1 is 1.16 bits per heavy atom. The Labute approximate surface area is 148 Å². The molecule has 132 valence electrons. The maximum atomic E-state index is 12.4. The summed E-state index contributed by atoms with van der Waals surface area (Å²) >= 11 is 0. The Balaban J connectivity index is 1.66. The van der Waals surface area contributed by atoms with Gasteiger partial charge in [-0.25, -0.2) is 4.98 Å². The van der Waals surface area contributed by atoms with Crippen LogP contribution >= 0.6 is 0 Å². The van der Waals surface area contributed by atoms with E-state index in [2.05, 4.69) is 27.1 Å². The molecule has 0 spiro atoms. The number of pyridine rings is 1. The molecular weight excluding hydrogens is 316 g/mol. The summed E-state index contributed by atoms with van der Waals surface area (Å²) in [6.45, 7) is 5.96. The maximum absolute atomic E-state index is 12.4. The van der Waals surface area contributed by atoms with E-state index >= 15 is 0 Å². The standard InChI is InChI=1S/C19H24N4O2/c1-14-4-5-15(12-17(14)25-3)19(24)21-16-6-7-18(20-13-16)23-10-8-22(2)9-11-23/h4-7,12-13H,8-11H2,1-3H3,(H,21,24). The van der Waals surface area contributed by atoms with Crippen molar-refractivity contribution in [1.82, 2.24) is 9.88 Å². The third kappa shape index (κ3) is 4.09. The lowest BCUT2D eigenvalue weighted by Crippen LogP contribution is -2.44. The predicted molar refractivity (Wildman–Crippen MR) is 99.6 cm³/mol. The number of hydrogen-bond donors (Lipinski definition) is 1. The molecule has 6 nitrogen and oxygen atoms in total. The van der Waals surface area contributed by atoms with Crippen LogP contribution in [0, 0.1) is 6.92 Å². The van der Waals surface area contributed by atoms with Crippen LogP contribution in [0.3, 0.4) is 0 Å². The van der Waals surface area contributed by atoms with Crippen LogP contribution in [0.5, 0.6) is 5.75 Å². The second kappa shape index (κ2) is 7.53. The van der Waals surface area contributed by atoms with Gasteiger partial charge in [0.15, 0.2) is 0 Å². The topological polar surface area (TPSA) is 57.7 Å². The molecule has 2 heterocycles. The zero-order chi connectivity index (χ0) is 17.8. The van der Waals surface area contributed by atoms with E-state index in [4.69, 9.17) is 4.74 Å². The highest BCUT2D eigenvalue weighted by atomic mass is 16.5. The molecule has 25 heavy (non-hydrogen) atoms. The van der Waals surface area contributed by atoms with E-state index in [-0.39, 0.29) is 5.91 Å².